The fourth-order valence-electron chi connectivity index (χ4n) is 1.26. The molecule has 1 unspecified atom stereocenters. The number of hydrogen-bond acceptors (Lipinski definition) is 4. The first-order valence-electron chi connectivity index (χ1n) is 5.09. The maximum absolute atomic E-state index is 11.7. The Morgan fingerprint density at radius 3 is 2.44 bits per heavy atom. The highest BCUT2D eigenvalue weighted by molar-refractivity contribution is 6.37. The Labute approximate surface area is 114 Å². The van der Waals surface area contributed by atoms with Crippen molar-refractivity contribution in [3.63, 3.8) is 0 Å². The van der Waals surface area contributed by atoms with Crippen molar-refractivity contribution in [2.45, 2.75) is 6.10 Å². The molecule has 0 aliphatic rings. The zero-order chi connectivity index (χ0) is 13.7. The van der Waals surface area contributed by atoms with Crippen LogP contribution in [0, 0.1) is 0 Å². The molecule has 0 spiro atoms. The SMILES string of the molecule is COc1c(Cl)cc(C(=O)NCC(O)CO)cc1Cl. The van der Waals surface area contributed by atoms with Gasteiger partial charge in [-0.3, -0.25) is 4.79 Å². The molecule has 0 fully saturated rings. The number of amides is 1. The Balaban J connectivity index is 2.81. The van der Waals surface area contributed by atoms with Crippen LogP contribution in [0.4, 0.5) is 0 Å². The Hall–Kier alpha value is -1.01. The third-order valence-electron chi connectivity index (χ3n) is 2.17. The van der Waals surface area contributed by atoms with Crippen LogP contribution in [0.1, 0.15) is 10.4 Å². The standard InChI is InChI=1S/C11H13Cl2NO4/c1-18-10-8(12)2-6(3-9(10)13)11(17)14-4-7(16)5-15/h2-3,7,15-16H,4-5H2,1H3,(H,14,17). The van der Waals surface area contributed by atoms with Crippen LogP contribution in [0.3, 0.4) is 0 Å². The number of benzene rings is 1. The molecule has 1 aromatic carbocycles. The number of hydrogen-bond donors (Lipinski definition) is 3. The Bertz CT molecular complexity index is 416. The van der Waals surface area contributed by atoms with Gasteiger partial charge < -0.3 is 20.3 Å². The molecule has 0 bridgehead atoms. The van der Waals surface area contributed by atoms with Gasteiger partial charge >= 0.3 is 0 Å². The number of carbonyl (C=O) groups is 1. The third kappa shape index (κ3) is 3.74. The molecule has 1 amide bonds. The van der Waals surface area contributed by atoms with E-state index in [0.29, 0.717) is 5.75 Å². The van der Waals surface area contributed by atoms with Gasteiger partial charge in [0.15, 0.2) is 5.75 Å². The lowest BCUT2D eigenvalue weighted by atomic mass is 10.2. The number of aliphatic hydroxyl groups is 2. The highest BCUT2D eigenvalue weighted by Crippen LogP contribution is 2.33. The van der Waals surface area contributed by atoms with Gasteiger partial charge in [-0.05, 0) is 12.1 Å². The van der Waals surface area contributed by atoms with E-state index in [-0.39, 0.29) is 22.2 Å². The van der Waals surface area contributed by atoms with Gasteiger partial charge in [0.25, 0.3) is 5.91 Å². The minimum Gasteiger partial charge on any atom is -0.494 e. The van der Waals surface area contributed by atoms with Crippen molar-refractivity contribution < 1.29 is 19.7 Å². The highest BCUT2D eigenvalue weighted by Gasteiger charge is 2.14. The van der Waals surface area contributed by atoms with E-state index in [1.165, 1.54) is 19.2 Å². The van der Waals surface area contributed by atoms with Crippen LogP contribution in [0.2, 0.25) is 10.0 Å². The average Bonchev–Trinajstić information content (AvgIpc) is 2.34. The zero-order valence-corrected chi connectivity index (χ0v) is 11.1. The number of ether oxygens (including phenoxy) is 1. The van der Waals surface area contributed by atoms with E-state index in [0.717, 1.165) is 0 Å². The third-order valence-corrected chi connectivity index (χ3v) is 2.74. The lowest BCUT2D eigenvalue weighted by Gasteiger charge is -2.11. The number of rotatable bonds is 5. The highest BCUT2D eigenvalue weighted by atomic mass is 35.5. The topological polar surface area (TPSA) is 78.8 Å². The van der Waals surface area contributed by atoms with Gasteiger partial charge in [-0.1, -0.05) is 23.2 Å². The molecule has 0 aromatic heterocycles. The van der Waals surface area contributed by atoms with Crippen LogP contribution in [0.5, 0.6) is 5.75 Å². The number of nitrogens with one attached hydrogen (secondary N) is 1. The predicted molar refractivity (Wildman–Crippen MR) is 68.4 cm³/mol. The Kier molecular flexibility index (Phi) is 5.68. The molecule has 0 saturated carbocycles. The van der Waals surface area contributed by atoms with E-state index in [2.05, 4.69) is 5.32 Å². The normalized spacial score (nSPS) is 12.1. The Morgan fingerprint density at radius 2 is 2.00 bits per heavy atom. The quantitative estimate of drug-likeness (QED) is 0.759. The van der Waals surface area contributed by atoms with Gasteiger partial charge in [-0.15, -0.1) is 0 Å². The summed E-state index contributed by atoms with van der Waals surface area (Å²) in [6.07, 6.45) is -1.00. The first-order chi connectivity index (χ1) is 8.49. The summed E-state index contributed by atoms with van der Waals surface area (Å²) in [5, 5.41) is 20.6. The molecular weight excluding hydrogens is 281 g/mol. The molecule has 1 rings (SSSR count). The van der Waals surface area contributed by atoms with E-state index >= 15 is 0 Å². The van der Waals surface area contributed by atoms with Crippen LogP contribution in [0.15, 0.2) is 12.1 Å². The van der Waals surface area contributed by atoms with E-state index < -0.39 is 18.6 Å². The zero-order valence-electron chi connectivity index (χ0n) is 9.61. The second kappa shape index (κ2) is 6.80. The average molecular weight is 294 g/mol. The minimum absolute atomic E-state index is 0.0589. The summed E-state index contributed by atoms with van der Waals surface area (Å²) in [5.41, 5.74) is 0.246. The van der Waals surface area contributed by atoms with Crippen molar-refractivity contribution in [2.75, 3.05) is 20.3 Å². The predicted octanol–water partition coefficient (Wildman–Crippen LogP) is 1.08. The summed E-state index contributed by atoms with van der Waals surface area (Å²) in [5.74, 6) is -0.153. The number of carbonyl (C=O) groups excluding carboxylic acids is 1. The van der Waals surface area contributed by atoms with Crippen molar-refractivity contribution >= 4 is 29.1 Å². The van der Waals surface area contributed by atoms with Gasteiger partial charge in [0, 0.05) is 12.1 Å². The lowest BCUT2D eigenvalue weighted by Crippen LogP contribution is -2.33. The van der Waals surface area contributed by atoms with E-state index in [9.17, 15) is 4.79 Å². The lowest BCUT2D eigenvalue weighted by molar-refractivity contribution is 0.0802. The first kappa shape index (κ1) is 15.0. The van der Waals surface area contributed by atoms with Crippen molar-refractivity contribution in [1.82, 2.24) is 5.32 Å². The molecule has 0 heterocycles. The maximum Gasteiger partial charge on any atom is 0.251 e. The van der Waals surface area contributed by atoms with Gasteiger partial charge in [-0.25, -0.2) is 0 Å². The summed E-state index contributed by atoms with van der Waals surface area (Å²) < 4.78 is 4.96. The van der Waals surface area contributed by atoms with E-state index in [1.54, 1.807) is 0 Å². The van der Waals surface area contributed by atoms with Gasteiger partial charge in [0.1, 0.15) is 0 Å². The molecule has 5 nitrogen and oxygen atoms in total. The second-order valence-corrected chi connectivity index (χ2v) is 4.33. The summed E-state index contributed by atoms with van der Waals surface area (Å²) in [4.78, 5) is 11.7. The molecule has 0 radical (unpaired) electrons. The summed E-state index contributed by atoms with van der Waals surface area (Å²) in [6.45, 7) is -0.485. The van der Waals surface area contributed by atoms with Crippen LogP contribution in [-0.4, -0.2) is 42.5 Å². The summed E-state index contributed by atoms with van der Waals surface area (Å²) >= 11 is 11.8. The van der Waals surface area contributed by atoms with Crippen LogP contribution < -0.4 is 10.1 Å². The van der Waals surface area contributed by atoms with Gasteiger partial charge in [0.2, 0.25) is 0 Å². The van der Waals surface area contributed by atoms with Crippen molar-refractivity contribution in [3.05, 3.63) is 27.7 Å². The number of aliphatic hydroxyl groups excluding tert-OH is 2. The van der Waals surface area contributed by atoms with Gasteiger partial charge in [-0.2, -0.15) is 0 Å². The number of methoxy groups -OCH3 is 1. The molecule has 1 atom stereocenters. The molecule has 100 valence electrons. The molecule has 0 aliphatic carbocycles. The van der Waals surface area contributed by atoms with Gasteiger partial charge in [0.05, 0.1) is 29.9 Å². The van der Waals surface area contributed by atoms with Crippen LogP contribution >= 0.6 is 23.2 Å². The molecule has 1 aromatic rings. The van der Waals surface area contributed by atoms with Crippen molar-refractivity contribution in [1.29, 1.82) is 0 Å². The fraction of sp³-hybridized carbons (Fsp3) is 0.364. The smallest absolute Gasteiger partial charge is 0.251 e. The molecule has 18 heavy (non-hydrogen) atoms. The summed E-state index contributed by atoms with van der Waals surface area (Å²) in [7, 11) is 1.42. The molecule has 7 heteroatoms. The van der Waals surface area contributed by atoms with Crippen molar-refractivity contribution in [2.24, 2.45) is 0 Å². The van der Waals surface area contributed by atoms with Crippen LogP contribution in [0.25, 0.3) is 0 Å². The van der Waals surface area contributed by atoms with Crippen LogP contribution in [-0.2, 0) is 0 Å². The largest absolute Gasteiger partial charge is 0.494 e. The van der Waals surface area contributed by atoms with Crippen molar-refractivity contribution in [3.8, 4) is 5.75 Å². The second-order valence-electron chi connectivity index (χ2n) is 3.52. The summed E-state index contributed by atoms with van der Waals surface area (Å²) in [6, 6.07) is 2.82. The Morgan fingerprint density at radius 1 is 1.44 bits per heavy atom. The maximum atomic E-state index is 11.7. The van der Waals surface area contributed by atoms with E-state index in [4.69, 9.17) is 38.2 Å². The molecule has 0 saturated heterocycles. The van der Waals surface area contributed by atoms with E-state index in [1.807, 2.05) is 0 Å². The molecule has 0 aliphatic heterocycles. The number of halogens is 2. The minimum atomic E-state index is -1.00. The molecular formula is C11H13Cl2NO4. The first-order valence-corrected chi connectivity index (χ1v) is 5.85. The monoisotopic (exact) mass is 293 g/mol. The fourth-order valence-corrected chi connectivity index (χ4v) is 1.90. The molecule has 3 N–H and O–H groups in total.